The molecule has 6 heteroatoms. The first kappa shape index (κ1) is 15.3. The van der Waals surface area contributed by atoms with Crippen LogP contribution in [0.1, 0.15) is 29.6 Å². The van der Waals surface area contributed by atoms with E-state index in [1.165, 1.54) is 0 Å². The number of benzene rings is 1. The van der Waals surface area contributed by atoms with E-state index < -0.39 is 0 Å². The molecule has 0 radical (unpaired) electrons. The molecule has 0 aromatic heterocycles. The largest absolute Gasteiger partial charge is 0.496 e. The molecule has 1 heterocycles. The van der Waals surface area contributed by atoms with Gasteiger partial charge in [-0.25, -0.2) is 0 Å². The highest BCUT2D eigenvalue weighted by molar-refractivity contribution is 9.10. The summed E-state index contributed by atoms with van der Waals surface area (Å²) in [6.07, 6.45) is 2.89. The molecular weight excluding hydrogens is 340 g/mol. The van der Waals surface area contributed by atoms with Crippen molar-refractivity contribution in [2.45, 2.75) is 25.3 Å². The molecule has 1 saturated heterocycles. The average molecular weight is 357 g/mol. The summed E-state index contributed by atoms with van der Waals surface area (Å²) in [7, 11) is 1.59. The molecule has 0 saturated carbocycles. The van der Waals surface area contributed by atoms with Crippen LogP contribution in [0.5, 0.6) is 5.75 Å². The molecule has 4 nitrogen and oxygen atoms in total. The van der Waals surface area contributed by atoms with Gasteiger partial charge in [0.05, 0.1) is 22.6 Å². The predicted octanol–water partition coefficient (Wildman–Crippen LogP) is 2.74. The molecule has 0 spiro atoms. The van der Waals surface area contributed by atoms with Crippen molar-refractivity contribution in [3.63, 3.8) is 0 Å². The van der Waals surface area contributed by atoms with E-state index in [-0.39, 0.29) is 11.9 Å². The first-order valence-corrected chi connectivity index (χ1v) is 7.68. The van der Waals surface area contributed by atoms with Gasteiger partial charge in [0.1, 0.15) is 5.75 Å². The zero-order chi connectivity index (χ0) is 14.7. The van der Waals surface area contributed by atoms with Crippen LogP contribution in [0.25, 0.3) is 0 Å². The van der Waals surface area contributed by atoms with Crippen LogP contribution in [0.4, 0.5) is 0 Å². The summed E-state index contributed by atoms with van der Waals surface area (Å²) < 4.78 is 5.93. The Kier molecular flexibility index (Phi) is 4.99. The number of hydrogen-bond donors (Lipinski definition) is 1. The number of thiocarbonyl (C=S) groups is 1. The van der Waals surface area contributed by atoms with Crippen molar-refractivity contribution in [1.82, 2.24) is 4.90 Å². The Labute approximate surface area is 132 Å². The molecule has 1 fully saturated rings. The molecule has 1 aliphatic heterocycles. The fraction of sp³-hybridized carbons (Fsp3) is 0.429. The molecule has 1 aromatic carbocycles. The number of ether oxygens (including phenoxy) is 1. The normalized spacial score (nSPS) is 18.7. The molecule has 108 valence electrons. The third kappa shape index (κ3) is 3.12. The first-order chi connectivity index (χ1) is 9.54. The summed E-state index contributed by atoms with van der Waals surface area (Å²) in [5, 5.41) is 0. The van der Waals surface area contributed by atoms with Crippen LogP contribution < -0.4 is 10.5 Å². The number of methoxy groups -OCH3 is 1. The lowest BCUT2D eigenvalue weighted by Crippen LogP contribution is -2.49. The number of rotatable bonds is 3. The van der Waals surface area contributed by atoms with Gasteiger partial charge in [0.25, 0.3) is 5.91 Å². The van der Waals surface area contributed by atoms with Gasteiger partial charge in [-0.2, -0.15) is 0 Å². The number of carbonyl (C=O) groups is 1. The topological polar surface area (TPSA) is 55.6 Å². The van der Waals surface area contributed by atoms with Crippen molar-refractivity contribution in [2.24, 2.45) is 5.73 Å². The van der Waals surface area contributed by atoms with Crippen molar-refractivity contribution in [1.29, 1.82) is 0 Å². The highest BCUT2D eigenvalue weighted by Gasteiger charge is 2.29. The van der Waals surface area contributed by atoms with Crippen LogP contribution in [-0.4, -0.2) is 35.5 Å². The van der Waals surface area contributed by atoms with Crippen molar-refractivity contribution < 1.29 is 9.53 Å². The minimum Gasteiger partial charge on any atom is -0.496 e. The Bertz CT molecular complexity index is 536. The lowest BCUT2D eigenvalue weighted by molar-refractivity contribution is 0.0681. The maximum absolute atomic E-state index is 12.6. The maximum Gasteiger partial charge on any atom is 0.254 e. The maximum atomic E-state index is 12.6. The van der Waals surface area contributed by atoms with Crippen molar-refractivity contribution >= 4 is 39.0 Å². The Morgan fingerprint density at radius 2 is 2.25 bits per heavy atom. The third-order valence-electron chi connectivity index (χ3n) is 3.49. The highest BCUT2D eigenvalue weighted by Crippen LogP contribution is 2.27. The summed E-state index contributed by atoms with van der Waals surface area (Å²) in [5.74, 6) is 0.664. The van der Waals surface area contributed by atoms with Gasteiger partial charge in [-0.1, -0.05) is 12.2 Å². The zero-order valence-corrected chi connectivity index (χ0v) is 13.7. The van der Waals surface area contributed by atoms with E-state index in [9.17, 15) is 4.79 Å². The van der Waals surface area contributed by atoms with Crippen LogP contribution in [0.15, 0.2) is 22.7 Å². The SMILES string of the molecule is COc1ccc(C(=O)N2CCCCC2C(N)=S)cc1Br. The molecule has 0 bridgehead atoms. The predicted molar refractivity (Wildman–Crippen MR) is 86.2 cm³/mol. The van der Waals surface area contributed by atoms with E-state index in [1.54, 1.807) is 30.2 Å². The van der Waals surface area contributed by atoms with E-state index in [0.29, 0.717) is 22.8 Å². The second-order valence-electron chi connectivity index (χ2n) is 4.76. The molecule has 2 N–H and O–H groups in total. The number of nitrogens with zero attached hydrogens (tertiary/aromatic N) is 1. The Hall–Kier alpha value is -1.14. The fourth-order valence-corrected chi connectivity index (χ4v) is 3.22. The van der Waals surface area contributed by atoms with Crippen LogP contribution in [-0.2, 0) is 0 Å². The van der Waals surface area contributed by atoms with E-state index >= 15 is 0 Å². The van der Waals surface area contributed by atoms with Gasteiger partial charge < -0.3 is 15.4 Å². The van der Waals surface area contributed by atoms with Crippen molar-refractivity contribution in [3.8, 4) is 5.75 Å². The zero-order valence-electron chi connectivity index (χ0n) is 11.3. The average Bonchev–Trinajstić information content (AvgIpc) is 2.46. The minimum absolute atomic E-state index is 0.0362. The molecule has 0 aliphatic carbocycles. The summed E-state index contributed by atoms with van der Waals surface area (Å²) >= 11 is 8.48. The smallest absolute Gasteiger partial charge is 0.254 e. The summed E-state index contributed by atoms with van der Waals surface area (Å²) in [6, 6.07) is 5.17. The number of likely N-dealkylation sites (tertiary alicyclic amines) is 1. The van der Waals surface area contributed by atoms with Gasteiger partial charge in [0, 0.05) is 12.1 Å². The van der Waals surface area contributed by atoms with Crippen LogP contribution >= 0.6 is 28.1 Å². The second kappa shape index (κ2) is 6.54. The molecule has 1 aliphatic rings. The molecule has 1 amide bonds. The molecule has 1 atom stereocenters. The monoisotopic (exact) mass is 356 g/mol. The Morgan fingerprint density at radius 1 is 1.50 bits per heavy atom. The van der Waals surface area contributed by atoms with E-state index in [0.717, 1.165) is 23.7 Å². The van der Waals surface area contributed by atoms with E-state index in [4.69, 9.17) is 22.7 Å². The van der Waals surface area contributed by atoms with Crippen molar-refractivity contribution in [2.75, 3.05) is 13.7 Å². The molecule has 1 aromatic rings. The van der Waals surface area contributed by atoms with Crippen LogP contribution in [0.2, 0.25) is 0 Å². The number of amides is 1. The standard InChI is InChI=1S/C14H17BrN2O2S/c1-19-12-6-5-9(8-10(12)15)14(18)17-7-3-2-4-11(17)13(16)20/h5-6,8,11H,2-4,7H2,1H3,(H2,16,20). The lowest BCUT2D eigenvalue weighted by atomic mass is 10.0. The summed E-state index contributed by atoms with van der Waals surface area (Å²) in [6.45, 7) is 0.699. The molecule has 1 unspecified atom stereocenters. The molecular formula is C14H17BrN2O2S. The Balaban J connectivity index is 2.25. The van der Waals surface area contributed by atoms with Crippen molar-refractivity contribution in [3.05, 3.63) is 28.2 Å². The third-order valence-corrected chi connectivity index (χ3v) is 4.38. The fourth-order valence-electron chi connectivity index (χ4n) is 2.44. The second-order valence-corrected chi connectivity index (χ2v) is 6.09. The van der Waals surface area contributed by atoms with Gasteiger partial charge in [0.15, 0.2) is 0 Å². The van der Waals surface area contributed by atoms with Gasteiger partial charge in [-0.15, -0.1) is 0 Å². The highest BCUT2D eigenvalue weighted by atomic mass is 79.9. The number of piperidine rings is 1. The van der Waals surface area contributed by atoms with Gasteiger partial charge in [-0.05, 0) is 53.4 Å². The van der Waals surface area contributed by atoms with Gasteiger partial charge in [0.2, 0.25) is 0 Å². The Morgan fingerprint density at radius 3 is 2.85 bits per heavy atom. The quantitative estimate of drug-likeness (QED) is 0.846. The van der Waals surface area contributed by atoms with Crippen LogP contribution in [0, 0.1) is 0 Å². The van der Waals surface area contributed by atoms with Crippen LogP contribution in [0.3, 0.4) is 0 Å². The van der Waals surface area contributed by atoms with Gasteiger partial charge in [-0.3, -0.25) is 4.79 Å². The number of halogens is 1. The minimum atomic E-state index is -0.132. The number of hydrogen-bond acceptors (Lipinski definition) is 3. The number of carbonyl (C=O) groups excluding carboxylic acids is 1. The molecule has 20 heavy (non-hydrogen) atoms. The number of nitrogens with two attached hydrogens (primary N) is 1. The van der Waals surface area contributed by atoms with E-state index in [2.05, 4.69) is 15.9 Å². The lowest BCUT2D eigenvalue weighted by Gasteiger charge is -2.35. The molecule has 2 rings (SSSR count). The van der Waals surface area contributed by atoms with Gasteiger partial charge >= 0.3 is 0 Å². The first-order valence-electron chi connectivity index (χ1n) is 6.48. The summed E-state index contributed by atoms with van der Waals surface area (Å²) in [5.41, 5.74) is 6.37. The summed E-state index contributed by atoms with van der Waals surface area (Å²) in [4.78, 5) is 14.8. The van der Waals surface area contributed by atoms with E-state index in [1.807, 2.05) is 0 Å².